The summed E-state index contributed by atoms with van der Waals surface area (Å²) < 4.78 is 9.94. The summed E-state index contributed by atoms with van der Waals surface area (Å²) in [5.41, 5.74) is 8.85. The molecule has 4 heterocycles. The van der Waals surface area contributed by atoms with Gasteiger partial charge in [0, 0.05) is 58.8 Å². The summed E-state index contributed by atoms with van der Waals surface area (Å²) >= 11 is 3.59. The van der Waals surface area contributed by atoms with Crippen LogP contribution in [0.4, 0.5) is 0 Å². The molecule has 7 aromatic carbocycles. The maximum Gasteiger partial charge on any atom is 0.164 e. The van der Waals surface area contributed by atoms with Crippen molar-refractivity contribution in [3.05, 3.63) is 158 Å². The van der Waals surface area contributed by atoms with Gasteiger partial charge in [0.05, 0.1) is 10.2 Å². The number of hydrogen-bond acceptors (Lipinski definition) is 7. The molecule has 0 aliphatic carbocycles. The SMILES string of the molecule is c1ccc(-c2nc(-c3ccccc3)nc(-c3cccc(-c4cc5nc(-c6cccc7oc8ccccc8c67)sc5c5c4sc4ccccc45)c3)n2)cc1. The highest BCUT2D eigenvalue weighted by atomic mass is 32.1. The molecule has 248 valence electrons. The van der Waals surface area contributed by atoms with Crippen molar-refractivity contribution in [2.24, 2.45) is 0 Å². The molecule has 0 saturated heterocycles. The third-order valence-corrected chi connectivity index (χ3v) is 12.1. The van der Waals surface area contributed by atoms with Crippen molar-refractivity contribution in [1.29, 1.82) is 0 Å². The third-order valence-electron chi connectivity index (χ3n) is 9.77. The highest BCUT2D eigenvalue weighted by Crippen LogP contribution is 2.48. The van der Waals surface area contributed by atoms with E-state index in [0.717, 1.165) is 65.8 Å². The van der Waals surface area contributed by atoms with Gasteiger partial charge >= 0.3 is 0 Å². The van der Waals surface area contributed by atoms with Crippen LogP contribution >= 0.6 is 22.7 Å². The lowest BCUT2D eigenvalue weighted by atomic mass is 10.00. The Bertz CT molecular complexity index is 3120. The van der Waals surface area contributed by atoms with Crippen LogP contribution in [0.25, 0.3) is 108 Å². The van der Waals surface area contributed by atoms with Crippen molar-refractivity contribution in [1.82, 2.24) is 19.9 Å². The minimum atomic E-state index is 0.629. The molecule has 4 aromatic heterocycles. The molecule has 5 nitrogen and oxygen atoms in total. The number of thiophene rings is 1. The first-order valence-electron chi connectivity index (χ1n) is 17.4. The summed E-state index contributed by atoms with van der Waals surface area (Å²) in [6.07, 6.45) is 0. The number of benzene rings is 7. The van der Waals surface area contributed by atoms with E-state index in [4.69, 9.17) is 24.4 Å². The largest absolute Gasteiger partial charge is 0.456 e. The summed E-state index contributed by atoms with van der Waals surface area (Å²) in [6, 6.07) is 54.2. The van der Waals surface area contributed by atoms with Crippen LogP contribution in [-0.4, -0.2) is 19.9 Å². The first-order valence-corrected chi connectivity index (χ1v) is 19.0. The lowest BCUT2D eigenvalue weighted by Crippen LogP contribution is -2.00. The molecular formula is C46H26N4OS2. The van der Waals surface area contributed by atoms with Crippen molar-refractivity contribution < 1.29 is 4.42 Å². The maximum absolute atomic E-state index is 6.26. The molecule has 53 heavy (non-hydrogen) atoms. The van der Waals surface area contributed by atoms with Crippen LogP contribution in [0.2, 0.25) is 0 Å². The highest BCUT2D eigenvalue weighted by molar-refractivity contribution is 7.28. The first-order chi connectivity index (χ1) is 26.2. The Morgan fingerprint density at radius 2 is 1.00 bits per heavy atom. The van der Waals surface area contributed by atoms with Crippen molar-refractivity contribution in [2.45, 2.75) is 0 Å². The summed E-state index contributed by atoms with van der Waals surface area (Å²) in [5, 5.41) is 5.67. The highest BCUT2D eigenvalue weighted by Gasteiger charge is 2.21. The van der Waals surface area contributed by atoms with Gasteiger partial charge in [-0.3, -0.25) is 0 Å². The standard InChI is InChI=1S/C46H26N4OS2/c1-3-13-27(14-4-1)43-48-44(28-15-5-2-6-16-28)50-45(49-43)30-18-11-17-29(25-30)34-26-35-42(40-32-20-8-10-24-38(32)52-41(34)40)53-46(47-35)33-21-12-23-37-39(33)31-19-7-9-22-36(31)51-37/h1-26H. The zero-order valence-electron chi connectivity index (χ0n) is 28.0. The minimum Gasteiger partial charge on any atom is -0.456 e. The van der Waals surface area contributed by atoms with E-state index in [1.165, 1.54) is 24.9 Å². The zero-order chi connectivity index (χ0) is 34.9. The van der Waals surface area contributed by atoms with Crippen LogP contribution in [0.3, 0.4) is 0 Å². The number of aromatic nitrogens is 4. The van der Waals surface area contributed by atoms with Gasteiger partial charge in [0.15, 0.2) is 17.5 Å². The summed E-state index contributed by atoms with van der Waals surface area (Å²) in [5.74, 6) is 1.91. The Labute approximate surface area is 311 Å². The van der Waals surface area contributed by atoms with Gasteiger partial charge in [-0.1, -0.05) is 127 Å². The van der Waals surface area contributed by atoms with E-state index in [1.54, 1.807) is 11.3 Å². The van der Waals surface area contributed by atoms with E-state index in [9.17, 15) is 0 Å². The van der Waals surface area contributed by atoms with Crippen LogP contribution < -0.4 is 0 Å². The molecule has 0 aliphatic heterocycles. The van der Waals surface area contributed by atoms with E-state index < -0.39 is 0 Å². The number of furan rings is 1. The van der Waals surface area contributed by atoms with Gasteiger partial charge in [-0.05, 0) is 35.9 Å². The summed E-state index contributed by atoms with van der Waals surface area (Å²) in [7, 11) is 0. The molecule has 0 spiro atoms. The Hall–Kier alpha value is -6.54. The molecule has 0 fully saturated rings. The molecule has 11 aromatic rings. The molecule has 11 rings (SSSR count). The molecule has 0 atom stereocenters. The van der Waals surface area contributed by atoms with Gasteiger partial charge in [0.1, 0.15) is 16.2 Å². The van der Waals surface area contributed by atoms with Gasteiger partial charge in [0.25, 0.3) is 0 Å². The predicted octanol–water partition coefficient (Wildman–Crippen LogP) is 13.1. The normalized spacial score (nSPS) is 11.8. The zero-order valence-corrected chi connectivity index (χ0v) is 29.7. The van der Waals surface area contributed by atoms with Crippen LogP contribution in [-0.2, 0) is 0 Å². The summed E-state index contributed by atoms with van der Waals surface area (Å²) in [4.78, 5) is 20.3. The predicted molar refractivity (Wildman–Crippen MR) is 220 cm³/mol. The van der Waals surface area contributed by atoms with Gasteiger partial charge in [-0.15, -0.1) is 22.7 Å². The molecular weight excluding hydrogens is 689 g/mol. The minimum absolute atomic E-state index is 0.629. The molecule has 0 amide bonds. The molecule has 0 saturated carbocycles. The lowest BCUT2D eigenvalue weighted by Gasteiger charge is -2.10. The second-order valence-electron chi connectivity index (χ2n) is 13.0. The van der Waals surface area contributed by atoms with Gasteiger partial charge < -0.3 is 4.42 Å². The van der Waals surface area contributed by atoms with Crippen molar-refractivity contribution >= 4 is 75.0 Å². The molecule has 0 bridgehead atoms. The van der Waals surface area contributed by atoms with Crippen molar-refractivity contribution in [3.8, 4) is 55.9 Å². The fourth-order valence-corrected chi connectivity index (χ4v) is 9.77. The van der Waals surface area contributed by atoms with E-state index in [0.29, 0.717) is 17.5 Å². The summed E-state index contributed by atoms with van der Waals surface area (Å²) in [6.45, 7) is 0. The van der Waals surface area contributed by atoms with E-state index in [-0.39, 0.29) is 0 Å². The van der Waals surface area contributed by atoms with Gasteiger partial charge in [-0.2, -0.15) is 0 Å². The van der Waals surface area contributed by atoms with Gasteiger partial charge in [0.2, 0.25) is 0 Å². The van der Waals surface area contributed by atoms with Crippen LogP contribution in [0, 0.1) is 0 Å². The monoisotopic (exact) mass is 714 g/mol. The number of para-hydroxylation sites is 1. The topological polar surface area (TPSA) is 64.7 Å². The fourth-order valence-electron chi connectivity index (χ4n) is 7.32. The van der Waals surface area contributed by atoms with Crippen molar-refractivity contribution in [2.75, 3.05) is 0 Å². The fraction of sp³-hybridized carbons (Fsp3) is 0. The number of rotatable bonds is 5. The van der Waals surface area contributed by atoms with E-state index in [1.807, 2.05) is 90.2 Å². The van der Waals surface area contributed by atoms with Crippen molar-refractivity contribution in [3.63, 3.8) is 0 Å². The van der Waals surface area contributed by atoms with Crippen LogP contribution in [0.1, 0.15) is 0 Å². The maximum atomic E-state index is 6.26. The first kappa shape index (κ1) is 30.1. The molecule has 7 heteroatoms. The Kier molecular flexibility index (Phi) is 6.83. The molecule has 0 radical (unpaired) electrons. The molecule has 0 aliphatic rings. The lowest BCUT2D eigenvalue weighted by molar-refractivity contribution is 0.669. The quantitative estimate of drug-likeness (QED) is 0.178. The average Bonchev–Trinajstić information content (AvgIpc) is 3.94. The number of nitrogens with zero attached hydrogens (tertiary/aromatic N) is 4. The number of fused-ring (bicyclic) bond motifs is 8. The van der Waals surface area contributed by atoms with E-state index in [2.05, 4.69) is 78.9 Å². The number of thiazole rings is 1. The number of hydrogen-bond donors (Lipinski definition) is 0. The third kappa shape index (κ3) is 4.97. The Morgan fingerprint density at radius 3 is 1.77 bits per heavy atom. The second-order valence-corrected chi connectivity index (χ2v) is 15.0. The Morgan fingerprint density at radius 1 is 0.396 bits per heavy atom. The van der Waals surface area contributed by atoms with Crippen LogP contribution in [0.5, 0.6) is 0 Å². The average molecular weight is 715 g/mol. The Balaban J connectivity index is 1.12. The second kappa shape index (κ2) is 12.0. The molecule has 0 unspecified atom stereocenters. The smallest absolute Gasteiger partial charge is 0.164 e. The van der Waals surface area contributed by atoms with Crippen LogP contribution in [0.15, 0.2) is 162 Å². The van der Waals surface area contributed by atoms with E-state index >= 15 is 0 Å². The molecule has 0 N–H and O–H groups in total. The van der Waals surface area contributed by atoms with Gasteiger partial charge in [-0.25, -0.2) is 19.9 Å².